The Morgan fingerprint density at radius 3 is 2.59 bits per heavy atom. The summed E-state index contributed by atoms with van der Waals surface area (Å²) in [6.07, 6.45) is 2.07. The molecule has 0 fully saturated rings. The Kier molecular flexibility index (Phi) is 7.86. The van der Waals surface area contributed by atoms with Crippen LogP contribution in [0.4, 0.5) is 5.69 Å². The molecule has 1 atom stereocenters. The third-order valence-corrected chi connectivity index (χ3v) is 4.14. The van der Waals surface area contributed by atoms with Gasteiger partial charge in [0.1, 0.15) is 5.75 Å². The lowest BCUT2D eigenvalue weighted by atomic mass is 10.1. The molecule has 2 rings (SSSR count). The smallest absolute Gasteiger partial charge is 0.221 e. The van der Waals surface area contributed by atoms with E-state index < -0.39 is 0 Å². The summed E-state index contributed by atoms with van der Waals surface area (Å²) in [6.45, 7) is 6.04. The molecule has 0 saturated heterocycles. The SMILES string of the molecule is CC(=O)Nc1cccc(C(C)NC(=O)CCCCOc2cccc(C)c2)c1. The molecule has 1 unspecified atom stereocenters. The van der Waals surface area contributed by atoms with Crippen LogP contribution in [0.2, 0.25) is 0 Å². The monoisotopic (exact) mass is 368 g/mol. The second kappa shape index (κ2) is 10.4. The number of hydrogen-bond donors (Lipinski definition) is 2. The van der Waals surface area contributed by atoms with Gasteiger partial charge in [0.15, 0.2) is 0 Å². The summed E-state index contributed by atoms with van der Waals surface area (Å²) in [7, 11) is 0. The van der Waals surface area contributed by atoms with E-state index in [9.17, 15) is 9.59 Å². The molecule has 0 bridgehead atoms. The fourth-order valence-corrected chi connectivity index (χ4v) is 2.77. The normalized spacial score (nSPS) is 11.5. The van der Waals surface area contributed by atoms with Crippen LogP contribution in [-0.2, 0) is 9.59 Å². The van der Waals surface area contributed by atoms with E-state index in [4.69, 9.17) is 4.74 Å². The van der Waals surface area contributed by atoms with Gasteiger partial charge in [-0.1, -0.05) is 24.3 Å². The first-order chi connectivity index (χ1) is 12.9. The van der Waals surface area contributed by atoms with E-state index in [1.165, 1.54) is 12.5 Å². The van der Waals surface area contributed by atoms with Gasteiger partial charge in [-0.25, -0.2) is 0 Å². The summed E-state index contributed by atoms with van der Waals surface area (Å²) in [5.41, 5.74) is 2.86. The fraction of sp³-hybridized carbons (Fsp3) is 0.364. The molecule has 27 heavy (non-hydrogen) atoms. The molecular formula is C22H28N2O3. The topological polar surface area (TPSA) is 67.4 Å². The van der Waals surface area contributed by atoms with Gasteiger partial charge in [-0.05, 0) is 62.1 Å². The van der Waals surface area contributed by atoms with Crippen molar-refractivity contribution in [1.29, 1.82) is 0 Å². The van der Waals surface area contributed by atoms with E-state index in [-0.39, 0.29) is 17.9 Å². The van der Waals surface area contributed by atoms with Crippen molar-refractivity contribution >= 4 is 17.5 Å². The van der Waals surface area contributed by atoms with Gasteiger partial charge in [-0.3, -0.25) is 9.59 Å². The molecule has 0 saturated carbocycles. The lowest BCUT2D eigenvalue weighted by Crippen LogP contribution is -2.26. The summed E-state index contributed by atoms with van der Waals surface area (Å²) < 4.78 is 5.70. The Bertz CT molecular complexity index is 774. The van der Waals surface area contributed by atoms with Crippen LogP contribution >= 0.6 is 0 Å². The average Bonchev–Trinajstić information content (AvgIpc) is 2.61. The van der Waals surface area contributed by atoms with Gasteiger partial charge in [0.25, 0.3) is 0 Å². The number of carbonyl (C=O) groups is 2. The second-order valence-corrected chi connectivity index (χ2v) is 6.72. The first-order valence-electron chi connectivity index (χ1n) is 9.30. The van der Waals surface area contributed by atoms with E-state index in [1.54, 1.807) is 0 Å². The molecule has 2 N–H and O–H groups in total. The van der Waals surface area contributed by atoms with Crippen molar-refractivity contribution in [2.24, 2.45) is 0 Å². The molecule has 2 aromatic carbocycles. The number of aryl methyl sites for hydroxylation is 1. The van der Waals surface area contributed by atoms with E-state index >= 15 is 0 Å². The Morgan fingerprint density at radius 2 is 1.85 bits per heavy atom. The quantitative estimate of drug-likeness (QED) is 0.646. The molecule has 5 nitrogen and oxygen atoms in total. The number of carbonyl (C=O) groups excluding carboxylic acids is 2. The third-order valence-electron chi connectivity index (χ3n) is 4.14. The molecule has 0 aromatic heterocycles. The summed E-state index contributed by atoms with van der Waals surface area (Å²) in [5, 5.41) is 5.75. The predicted molar refractivity (Wildman–Crippen MR) is 108 cm³/mol. The standard InChI is InChI=1S/C22H28N2O3/c1-16-8-6-11-21(14-16)27-13-5-4-12-22(26)23-17(2)19-9-7-10-20(15-19)24-18(3)25/h6-11,14-15,17H,4-5,12-13H2,1-3H3,(H,23,26)(H,24,25). The van der Waals surface area contributed by atoms with Crippen molar-refractivity contribution in [3.63, 3.8) is 0 Å². The van der Waals surface area contributed by atoms with Crippen LogP contribution in [0.15, 0.2) is 48.5 Å². The van der Waals surface area contributed by atoms with E-state index in [0.717, 1.165) is 29.8 Å². The van der Waals surface area contributed by atoms with Gasteiger partial charge in [0.2, 0.25) is 11.8 Å². The van der Waals surface area contributed by atoms with Crippen molar-refractivity contribution in [2.75, 3.05) is 11.9 Å². The maximum absolute atomic E-state index is 12.1. The zero-order chi connectivity index (χ0) is 19.6. The minimum absolute atomic E-state index is 0.0167. The van der Waals surface area contributed by atoms with Crippen LogP contribution in [0.1, 0.15) is 50.3 Å². The maximum atomic E-state index is 12.1. The first-order valence-corrected chi connectivity index (χ1v) is 9.30. The van der Waals surface area contributed by atoms with E-state index in [2.05, 4.69) is 10.6 Å². The highest BCUT2D eigenvalue weighted by atomic mass is 16.5. The molecule has 0 spiro atoms. The molecule has 144 valence electrons. The highest BCUT2D eigenvalue weighted by molar-refractivity contribution is 5.88. The van der Waals surface area contributed by atoms with Gasteiger partial charge < -0.3 is 15.4 Å². The first kappa shape index (κ1) is 20.5. The number of rotatable bonds is 9. The number of nitrogens with one attached hydrogen (secondary N) is 2. The van der Waals surface area contributed by atoms with Crippen molar-refractivity contribution < 1.29 is 14.3 Å². The van der Waals surface area contributed by atoms with Crippen LogP contribution in [0.3, 0.4) is 0 Å². The molecule has 0 heterocycles. The van der Waals surface area contributed by atoms with Crippen molar-refractivity contribution in [2.45, 2.75) is 46.1 Å². The van der Waals surface area contributed by atoms with Gasteiger partial charge in [-0.2, -0.15) is 0 Å². The summed E-state index contributed by atoms with van der Waals surface area (Å²) in [4.78, 5) is 23.3. The maximum Gasteiger partial charge on any atom is 0.221 e. The summed E-state index contributed by atoms with van der Waals surface area (Å²) in [5.74, 6) is 0.770. The minimum Gasteiger partial charge on any atom is -0.494 e. The lowest BCUT2D eigenvalue weighted by Gasteiger charge is -2.15. The Morgan fingerprint density at radius 1 is 1.07 bits per heavy atom. The van der Waals surface area contributed by atoms with E-state index in [0.29, 0.717) is 13.0 Å². The average molecular weight is 368 g/mol. The number of amides is 2. The van der Waals surface area contributed by atoms with Crippen LogP contribution in [0, 0.1) is 6.92 Å². The second-order valence-electron chi connectivity index (χ2n) is 6.72. The van der Waals surface area contributed by atoms with Crippen molar-refractivity contribution in [3.8, 4) is 5.75 Å². The Balaban J connectivity index is 1.69. The predicted octanol–water partition coefficient (Wildman–Crippen LogP) is 4.38. The molecule has 2 amide bonds. The summed E-state index contributed by atoms with van der Waals surface area (Å²) in [6, 6.07) is 15.3. The molecule has 0 aliphatic rings. The number of unbranched alkanes of at least 4 members (excludes halogenated alkanes) is 1. The molecule has 0 aliphatic heterocycles. The Hall–Kier alpha value is -2.82. The zero-order valence-corrected chi connectivity index (χ0v) is 16.2. The molecule has 2 aromatic rings. The van der Waals surface area contributed by atoms with Crippen LogP contribution in [0.25, 0.3) is 0 Å². The largest absolute Gasteiger partial charge is 0.494 e. The minimum atomic E-state index is -0.116. The van der Waals surface area contributed by atoms with Crippen molar-refractivity contribution in [3.05, 3.63) is 59.7 Å². The number of ether oxygens (including phenoxy) is 1. The fourth-order valence-electron chi connectivity index (χ4n) is 2.77. The molecule has 5 heteroatoms. The molecular weight excluding hydrogens is 340 g/mol. The molecule has 0 radical (unpaired) electrons. The highest BCUT2D eigenvalue weighted by Crippen LogP contribution is 2.18. The van der Waals surface area contributed by atoms with Gasteiger partial charge in [0.05, 0.1) is 12.6 Å². The van der Waals surface area contributed by atoms with E-state index in [1.807, 2.05) is 62.4 Å². The van der Waals surface area contributed by atoms with Gasteiger partial charge in [-0.15, -0.1) is 0 Å². The molecule has 0 aliphatic carbocycles. The van der Waals surface area contributed by atoms with Crippen LogP contribution in [-0.4, -0.2) is 18.4 Å². The number of benzene rings is 2. The van der Waals surface area contributed by atoms with Crippen LogP contribution < -0.4 is 15.4 Å². The summed E-state index contributed by atoms with van der Waals surface area (Å²) >= 11 is 0. The number of anilines is 1. The van der Waals surface area contributed by atoms with Crippen molar-refractivity contribution in [1.82, 2.24) is 5.32 Å². The van der Waals surface area contributed by atoms with Crippen LogP contribution in [0.5, 0.6) is 5.75 Å². The lowest BCUT2D eigenvalue weighted by molar-refractivity contribution is -0.122. The highest BCUT2D eigenvalue weighted by Gasteiger charge is 2.10. The Labute approximate surface area is 161 Å². The van der Waals surface area contributed by atoms with Gasteiger partial charge >= 0.3 is 0 Å². The van der Waals surface area contributed by atoms with Gasteiger partial charge in [0, 0.05) is 19.0 Å². The zero-order valence-electron chi connectivity index (χ0n) is 16.2. The third kappa shape index (κ3) is 7.52. The number of hydrogen-bond acceptors (Lipinski definition) is 3.